The number of nitrogens with one attached hydrogen (secondary N) is 1. The monoisotopic (exact) mass is 297 g/mol. The molecule has 0 aliphatic carbocycles. The Morgan fingerprint density at radius 2 is 1.85 bits per heavy atom. The van der Waals surface area contributed by atoms with Gasteiger partial charge in [-0.05, 0) is 52.3 Å². The van der Waals surface area contributed by atoms with E-state index in [4.69, 9.17) is 4.74 Å². The summed E-state index contributed by atoms with van der Waals surface area (Å²) in [6.07, 6.45) is -0.127. The first kappa shape index (κ1) is 17.0. The highest BCUT2D eigenvalue weighted by molar-refractivity contribution is 7.90. The van der Waals surface area contributed by atoms with Crippen molar-refractivity contribution in [3.05, 3.63) is 35.4 Å². The predicted molar refractivity (Wildman–Crippen MR) is 81.7 cm³/mol. The highest BCUT2D eigenvalue weighted by Crippen LogP contribution is 2.14. The summed E-state index contributed by atoms with van der Waals surface area (Å²) in [6, 6.07) is 7.12. The molecule has 0 heterocycles. The van der Waals surface area contributed by atoms with E-state index in [1.54, 1.807) is 12.1 Å². The summed E-state index contributed by atoms with van der Waals surface area (Å²) < 4.78 is 19.7. The highest BCUT2D eigenvalue weighted by atomic mass is 32.2. The Morgan fingerprint density at radius 1 is 1.30 bits per heavy atom. The molecule has 0 spiro atoms. The molecular weight excluding hydrogens is 274 g/mol. The molecule has 0 aromatic heterocycles. The van der Waals surface area contributed by atoms with Gasteiger partial charge in [-0.25, -0.2) is 4.79 Å². The zero-order chi connectivity index (χ0) is 15.3. The van der Waals surface area contributed by atoms with Crippen LogP contribution >= 0.6 is 0 Å². The van der Waals surface area contributed by atoms with Crippen LogP contribution in [0.25, 0.3) is 0 Å². The second-order valence-corrected chi connectivity index (χ2v) is 7.90. The van der Waals surface area contributed by atoms with E-state index < -0.39 is 11.4 Å². The molecule has 5 heteroatoms. The molecule has 1 aromatic rings. The van der Waals surface area contributed by atoms with Crippen molar-refractivity contribution in [2.24, 2.45) is 0 Å². The second-order valence-electron chi connectivity index (χ2n) is 5.85. The van der Waals surface area contributed by atoms with Gasteiger partial charge in [0.15, 0.2) is 0 Å². The van der Waals surface area contributed by atoms with Gasteiger partial charge in [-0.15, -0.1) is 4.72 Å². The van der Waals surface area contributed by atoms with Gasteiger partial charge in [0.1, 0.15) is 4.75 Å². The lowest BCUT2D eigenvalue weighted by atomic mass is 10.1. The fraction of sp³-hybridized carbons (Fsp3) is 0.533. The van der Waals surface area contributed by atoms with Crippen LogP contribution in [0.1, 0.15) is 50.5 Å². The van der Waals surface area contributed by atoms with Crippen LogP contribution in [-0.4, -0.2) is 21.4 Å². The van der Waals surface area contributed by atoms with Gasteiger partial charge in [-0.1, -0.05) is 12.1 Å². The van der Waals surface area contributed by atoms with E-state index in [1.807, 2.05) is 46.8 Å². The molecule has 1 atom stereocenters. The molecule has 0 fully saturated rings. The maximum absolute atomic E-state index is 11.9. The summed E-state index contributed by atoms with van der Waals surface area (Å²) in [5.74, 6) is -0.322. The Labute approximate surface area is 124 Å². The number of carbonyl (C=O) groups is 1. The average molecular weight is 297 g/mol. The average Bonchev–Trinajstić information content (AvgIpc) is 2.34. The first-order chi connectivity index (χ1) is 9.20. The topological polar surface area (TPSA) is 61.4 Å². The van der Waals surface area contributed by atoms with Gasteiger partial charge >= 0.3 is 5.97 Å². The van der Waals surface area contributed by atoms with Crippen LogP contribution < -0.4 is 4.72 Å². The summed E-state index contributed by atoms with van der Waals surface area (Å²) in [5.41, 5.74) is 1.50. The van der Waals surface area contributed by atoms with E-state index in [0.717, 1.165) is 5.56 Å². The highest BCUT2D eigenvalue weighted by Gasteiger charge is 2.25. The van der Waals surface area contributed by atoms with Gasteiger partial charge < -0.3 is 9.29 Å². The van der Waals surface area contributed by atoms with E-state index in [0.29, 0.717) is 12.1 Å². The number of hydrogen-bond donors (Lipinski definition) is 1. The minimum atomic E-state index is -1.10. The summed E-state index contributed by atoms with van der Waals surface area (Å²) >= 11 is -1.10. The second kappa shape index (κ2) is 7.11. The van der Waals surface area contributed by atoms with Gasteiger partial charge in [-0.3, -0.25) is 0 Å². The molecule has 1 rings (SSSR count). The maximum atomic E-state index is 11.9. The molecule has 0 radical (unpaired) electrons. The lowest BCUT2D eigenvalue weighted by Crippen LogP contribution is -2.38. The van der Waals surface area contributed by atoms with Crippen molar-refractivity contribution >= 4 is 17.3 Å². The van der Waals surface area contributed by atoms with Crippen LogP contribution in [0, 0.1) is 0 Å². The minimum Gasteiger partial charge on any atom is -0.598 e. The Balaban J connectivity index is 2.57. The van der Waals surface area contributed by atoms with Crippen LogP contribution in [-0.2, 0) is 22.6 Å². The van der Waals surface area contributed by atoms with Crippen molar-refractivity contribution in [1.29, 1.82) is 0 Å². The summed E-state index contributed by atoms with van der Waals surface area (Å²) in [6.45, 7) is 9.89. The third-order valence-corrected chi connectivity index (χ3v) is 4.01. The maximum Gasteiger partial charge on any atom is 0.338 e. The van der Waals surface area contributed by atoms with Crippen LogP contribution in [0.5, 0.6) is 0 Å². The van der Waals surface area contributed by atoms with E-state index in [2.05, 4.69) is 4.72 Å². The molecular formula is C15H23NO3S. The zero-order valence-corrected chi connectivity index (χ0v) is 13.5. The molecule has 0 unspecified atom stereocenters. The van der Waals surface area contributed by atoms with Crippen LogP contribution in [0.4, 0.5) is 0 Å². The van der Waals surface area contributed by atoms with Crippen molar-refractivity contribution in [2.75, 3.05) is 0 Å². The number of hydrogen-bond acceptors (Lipinski definition) is 4. The van der Waals surface area contributed by atoms with Gasteiger partial charge in [-0.2, -0.15) is 0 Å². The molecule has 4 nitrogen and oxygen atoms in total. The van der Waals surface area contributed by atoms with Gasteiger partial charge in [0.25, 0.3) is 0 Å². The van der Waals surface area contributed by atoms with Crippen molar-refractivity contribution in [2.45, 2.75) is 52.0 Å². The van der Waals surface area contributed by atoms with Gasteiger partial charge in [0, 0.05) is 11.4 Å². The van der Waals surface area contributed by atoms with E-state index in [1.165, 1.54) is 0 Å². The molecule has 0 saturated carbocycles. The van der Waals surface area contributed by atoms with Crippen LogP contribution in [0.15, 0.2) is 24.3 Å². The van der Waals surface area contributed by atoms with Crippen molar-refractivity contribution in [1.82, 2.24) is 4.72 Å². The summed E-state index contributed by atoms with van der Waals surface area (Å²) in [7, 11) is 0. The molecule has 0 bridgehead atoms. The molecule has 0 aliphatic heterocycles. The molecule has 1 N–H and O–H groups in total. The number of esters is 1. The molecule has 20 heavy (non-hydrogen) atoms. The Morgan fingerprint density at radius 3 is 2.30 bits per heavy atom. The van der Waals surface area contributed by atoms with Crippen LogP contribution in [0.2, 0.25) is 0 Å². The van der Waals surface area contributed by atoms with Crippen molar-refractivity contribution in [3.8, 4) is 0 Å². The third-order valence-electron chi connectivity index (χ3n) is 2.50. The number of ether oxygens (including phenoxy) is 1. The molecule has 0 saturated heterocycles. The summed E-state index contributed by atoms with van der Waals surface area (Å²) in [5, 5.41) is 0. The Bertz CT molecular complexity index is 437. The Hall–Kier alpha value is -1.04. The zero-order valence-electron chi connectivity index (χ0n) is 12.7. The smallest absolute Gasteiger partial charge is 0.338 e. The summed E-state index contributed by atoms with van der Waals surface area (Å²) in [4.78, 5) is 11.7. The van der Waals surface area contributed by atoms with Crippen LogP contribution in [0.3, 0.4) is 0 Å². The van der Waals surface area contributed by atoms with E-state index >= 15 is 0 Å². The number of carbonyl (C=O) groups excluding carboxylic acids is 1. The van der Waals surface area contributed by atoms with Crippen molar-refractivity contribution < 1.29 is 14.1 Å². The molecule has 112 valence electrons. The van der Waals surface area contributed by atoms with E-state index in [-0.39, 0.29) is 16.8 Å². The Kier molecular flexibility index (Phi) is 6.05. The molecule has 1 aromatic carbocycles. The third kappa shape index (κ3) is 5.53. The fourth-order valence-electron chi connectivity index (χ4n) is 1.41. The first-order valence-corrected chi connectivity index (χ1v) is 7.80. The van der Waals surface area contributed by atoms with E-state index in [9.17, 15) is 9.35 Å². The standard InChI is InChI=1S/C15H23NO3S/c1-11(2)19-14(17)13-8-6-12(7-9-13)10-16-20(18)15(3,4)5/h6-9,11,16H,10H2,1-5H3/t20-/m0/s1. The van der Waals surface area contributed by atoms with Crippen molar-refractivity contribution in [3.63, 3.8) is 0 Å². The number of benzene rings is 1. The lowest BCUT2D eigenvalue weighted by Gasteiger charge is -2.23. The normalized spacial score (nSPS) is 13.3. The quantitative estimate of drug-likeness (QED) is 0.670. The SMILES string of the molecule is CC(C)OC(=O)c1ccc(CN[S@@+]([O-])C(C)(C)C)cc1. The lowest BCUT2D eigenvalue weighted by molar-refractivity contribution is 0.0378. The molecule has 0 aliphatic rings. The largest absolute Gasteiger partial charge is 0.598 e. The number of rotatable bonds is 5. The molecule has 0 amide bonds. The minimum absolute atomic E-state index is 0.127. The predicted octanol–water partition coefficient (Wildman–Crippen LogP) is 2.80. The van der Waals surface area contributed by atoms with Gasteiger partial charge in [0.2, 0.25) is 0 Å². The fourth-order valence-corrected chi connectivity index (χ4v) is 2.14. The van der Waals surface area contributed by atoms with Gasteiger partial charge in [0.05, 0.1) is 18.2 Å². The first-order valence-electron chi connectivity index (χ1n) is 6.65.